The maximum absolute atomic E-state index is 2.41. The van der Waals surface area contributed by atoms with Crippen molar-refractivity contribution in [2.24, 2.45) is 0 Å². The minimum atomic E-state index is 1.11. The molecule has 0 radical (unpaired) electrons. The van der Waals surface area contributed by atoms with Crippen molar-refractivity contribution in [2.75, 3.05) is 9.80 Å². The Kier molecular flexibility index (Phi) is 9.45. The van der Waals surface area contributed by atoms with Gasteiger partial charge in [0.05, 0.1) is 11.4 Å². The van der Waals surface area contributed by atoms with Crippen molar-refractivity contribution in [2.45, 2.75) is 13.8 Å². The fourth-order valence-corrected chi connectivity index (χ4v) is 8.17. The minimum absolute atomic E-state index is 1.11. The molecule has 0 unspecified atom stereocenters. The van der Waals surface area contributed by atoms with Crippen LogP contribution < -0.4 is 9.80 Å². The number of nitrogens with zero attached hydrogens (tertiary/aromatic N) is 2. The molecule has 0 aromatic heterocycles. The van der Waals surface area contributed by atoms with Crippen LogP contribution in [0.5, 0.6) is 0 Å². The van der Waals surface area contributed by atoms with E-state index in [-0.39, 0.29) is 0 Å². The second-order valence-electron chi connectivity index (χ2n) is 13.7. The number of para-hydroxylation sites is 4. The fraction of sp³-hybridized carbons (Fsp3) is 0.0370. The molecular formula is C54H42N2. The molecule has 2 heteroatoms. The van der Waals surface area contributed by atoms with E-state index >= 15 is 0 Å². The zero-order chi connectivity index (χ0) is 37.8. The zero-order valence-electron chi connectivity index (χ0n) is 31.7. The Hall–Kier alpha value is -7.16. The third kappa shape index (κ3) is 6.22. The molecule has 0 aliphatic heterocycles. The quantitative estimate of drug-likeness (QED) is 0.144. The first-order valence-electron chi connectivity index (χ1n) is 19.5. The summed E-state index contributed by atoms with van der Waals surface area (Å²) in [5.41, 5.74) is 11.6. The highest BCUT2D eigenvalue weighted by Gasteiger charge is 2.24. The van der Waals surface area contributed by atoms with Crippen LogP contribution in [0.25, 0.3) is 54.6 Å². The molecule has 0 saturated heterocycles. The lowest BCUT2D eigenvalue weighted by Crippen LogP contribution is -2.14. The summed E-state index contributed by atoms with van der Waals surface area (Å²) in [5.74, 6) is 0. The molecule has 0 aliphatic rings. The molecule has 268 valence electrons. The van der Waals surface area contributed by atoms with Crippen LogP contribution in [0.4, 0.5) is 34.1 Å². The molecular weight excluding hydrogens is 677 g/mol. The first-order chi connectivity index (χ1) is 27.8. The second-order valence-corrected chi connectivity index (χ2v) is 13.7. The Morgan fingerprint density at radius 1 is 0.286 bits per heavy atom. The topological polar surface area (TPSA) is 6.48 Å². The molecule has 0 aliphatic carbocycles. The van der Waals surface area contributed by atoms with Gasteiger partial charge in [-0.05, 0) is 105 Å². The smallest absolute Gasteiger partial charge is 0.0561 e. The molecule has 0 heterocycles. The molecule has 0 atom stereocenters. The number of hydrogen-bond acceptors (Lipinski definition) is 2. The molecule has 56 heavy (non-hydrogen) atoms. The SMILES string of the molecule is CC.c1ccc(-c2ccccc2-c2cc3ccc4c(N(c5ccccc5)c5ccccc5)cc(N(c5ccccc5)c5ccccc5)c5ccc(c2)c3c45)cc1. The lowest BCUT2D eigenvalue weighted by atomic mass is 9.88. The monoisotopic (exact) mass is 718 g/mol. The van der Waals surface area contributed by atoms with E-state index in [4.69, 9.17) is 0 Å². The summed E-state index contributed by atoms with van der Waals surface area (Å²) in [7, 11) is 0. The first kappa shape index (κ1) is 34.6. The van der Waals surface area contributed by atoms with Gasteiger partial charge in [0.2, 0.25) is 0 Å². The Morgan fingerprint density at radius 3 is 1.02 bits per heavy atom. The summed E-state index contributed by atoms with van der Waals surface area (Å²) < 4.78 is 0. The highest BCUT2D eigenvalue weighted by atomic mass is 15.2. The minimum Gasteiger partial charge on any atom is -0.310 e. The van der Waals surface area contributed by atoms with Gasteiger partial charge in [-0.2, -0.15) is 0 Å². The highest BCUT2D eigenvalue weighted by molar-refractivity contribution is 6.29. The van der Waals surface area contributed by atoms with E-state index in [1.54, 1.807) is 0 Å². The number of anilines is 6. The standard InChI is InChI=1S/C52H36N2.C2H6/c1-6-18-37(19-7-1)45-28-16-17-29-46(45)40-34-38-30-32-47-49(53(41-20-8-2-9-21-41)42-22-10-3-11-23-42)36-50(48-33-31-39(35-40)51(38)52(47)48)54(43-24-12-4-13-25-43)44-26-14-5-15-27-44;1-2/h1-36H;1-2H3. The number of rotatable bonds is 8. The summed E-state index contributed by atoms with van der Waals surface area (Å²) in [5, 5.41) is 7.40. The molecule has 0 fully saturated rings. The van der Waals surface area contributed by atoms with Crippen molar-refractivity contribution in [1.29, 1.82) is 0 Å². The van der Waals surface area contributed by atoms with E-state index < -0.39 is 0 Å². The Morgan fingerprint density at radius 2 is 0.625 bits per heavy atom. The number of hydrogen-bond donors (Lipinski definition) is 0. The van der Waals surface area contributed by atoms with E-state index in [9.17, 15) is 0 Å². The summed E-state index contributed by atoms with van der Waals surface area (Å²) in [6, 6.07) is 78.9. The van der Waals surface area contributed by atoms with Crippen LogP contribution in [0.3, 0.4) is 0 Å². The lowest BCUT2D eigenvalue weighted by Gasteiger charge is -2.32. The molecule has 0 spiro atoms. The van der Waals surface area contributed by atoms with Gasteiger partial charge in [0.1, 0.15) is 0 Å². The van der Waals surface area contributed by atoms with E-state index in [0.717, 1.165) is 34.1 Å². The van der Waals surface area contributed by atoms with Crippen LogP contribution in [0.2, 0.25) is 0 Å². The Bertz CT molecular complexity index is 2620. The first-order valence-corrected chi connectivity index (χ1v) is 19.5. The van der Waals surface area contributed by atoms with Crippen LogP contribution in [0.1, 0.15) is 13.8 Å². The third-order valence-corrected chi connectivity index (χ3v) is 10.5. The normalized spacial score (nSPS) is 11.0. The maximum Gasteiger partial charge on any atom is 0.0561 e. The van der Waals surface area contributed by atoms with Gasteiger partial charge in [-0.15, -0.1) is 0 Å². The van der Waals surface area contributed by atoms with Gasteiger partial charge in [-0.3, -0.25) is 0 Å². The molecule has 10 rings (SSSR count). The summed E-state index contributed by atoms with van der Waals surface area (Å²) in [6.45, 7) is 4.00. The average Bonchev–Trinajstić information content (AvgIpc) is 3.28. The molecule has 0 saturated carbocycles. The van der Waals surface area contributed by atoms with Crippen LogP contribution in [-0.2, 0) is 0 Å². The molecule has 10 aromatic carbocycles. The fourth-order valence-electron chi connectivity index (χ4n) is 8.17. The van der Waals surface area contributed by atoms with Crippen LogP contribution in [0, 0.1) is 0 Å². The largest absolute Gasteiger partial charge is 0.310 e. The average molecular weight is 719 g/mol. The Labute approximate surface area is 329 Å². The third-order valence-electron chi connectivity index (χ3n) is 10.5. The van der Waals surface area contributed by atoms with Crippen molar-refractivity contribution >= 4 is 66.4 Å². The van der Waals surface area contributed by atoms with E-state index in [2.05, 4.69) is 228 Å². The summed E-state index contributed by atoms with van der Waals surface area (Å²) in [4.78, 5) is 4.82. The molecule has 0 N–H and O–H groups in total. The summed E-state index contributed by atoms with van der Waals surface area (Å²) in [6.07, 6.45) is 0. The van der Waals surface area contributed by atoms with Crippen molar-refractivity contribution in [3.63, 3.8) is 0 Å². The highest BCUT2D eigenvalue weighted by Crippen LogP contribution is 2.50. The van der Waals surface area contributed by atoms with Crippen LogP contribution >= 0.6 is 0 Å². The number of benzene rings is 10. The predicted octanol–water partition coefficient (Wildman–Crippen LogP) is 15.9. The van der Waals surface area contributed by atoms with E-state index in [1.165, 1.54) is 54.6 Å². The van der Waals surface area contributed by atoms with E-state index in [0.29, 0.717) is 0 Å². The lowest BCUT2D eigenvalue weighted by molar-refractivity contribution is 1.27. The van der Waals surface area contributed by atoms with Crippen molar-refractivity contribution in [3.05, 3.63) is 218 Å². The Balaban J connectivity index is 0.00000202. The predicted molar refractivity (Wildman–Crippen MR) is 242 cm³/mol. The van der Waals surface area contributed by atoms with Gasteiger partial charge in [0.15, 0.2) is 0 Å². The van der Waals surface area contributed by atoms with Crippen molar-refractivity contribution < 1.29 is 0 Å². The van der Waals surface area contributed by atoms with Crippen LogP contribution in [0.15, 0.2) is 218 Å². The maximum atomic E-state index is 2.41. The summed E-state index contributed by atoms with van der Waals surface area (Å²) >= 11 is 0. The van der Waals surface area contributed by atoms with Crippen LogP contribution in [-0.4, -0.2) is 0 Å². The van der Waals surface area contributed by atoms with Gasteiger partial charge in [0, 0.05) is 38.9 Å². The van der Waals surface area contributed by atoms with Crippen molar-refractivity contribution in [3.8, 4) is 22.3 Å². The zero-order valence-corrected chi connectivity index (χ0v) is 31.7. The van der Waals surface area contributed by atoms with Gasteiger partial charge in [0.25, 0.3) is 0 Å². The van der Waals surface area contributed by atoms with Gasteiger partial charge in [-0.25, -0.2) is 0 Å². The van der Waals surface area contributed by atoms with Crippen molar-refractivity contribution in [1.82, 2.24) is 0 Å². The molecule has 10 aromatic rings. The molecule has 0 amide bonds. The van der Waals surface area contributed by atoms with Gasteiger partial charge >= 0.3 is 0 Å². The van der Waals surface area contributed by atoms with Gasteiger partial charge in [-0.1, -0.05) is 166 Å². The second kappa shape index (κ2) is 15.3. The molecule has 2 nitrogen and oxygen atoms in total. The van der Waals surface area contributed by atoms with E-state index in [1.807, 2.05) is 13.8 Å². The van der Waals surface area contributed by atoms with Gasteiger partial charge < -0.3 is 9.80 Å². The molecule has 0 bridgehead atoms.